The minimum Gasteiger partial charge on any atom is -0.368 e. The maximum absolute atomic E-state index is 12.5. The Morgan fingerprint density at radius 3 is 2.52 bits per heavy atom. The van der Waals surface area contributed by atoms with E-state index in [1.54, 1.807) is 18.2 Å². The molecule has 0 spiro atoms. The highest BCUT2D eigenvalue weighted by atomic mass is 32.2. The third kappa shape index (κ3) is 3.99. The number of hydrogen-bond donors (Lipinski definition) is 3. The summed E-state index contributed by atoms with van der Waals surface area (Å²) in [5, 5.41) is 7.00. The number of nitrogens with two attached hydrogens (primary N) is 1. The zero-order chi connectivity index (χ0) is 19.6. The average molecular weight is 406 g/mol. The Morgan fingerprint density at radius 1 is 1.22 bits per heavy atom. The number of hydrogen-bond acceptors (Lipinski definition) is 8. The SMILES string of the molecule is CCc1ccc(C(=O)n2nc(Nc3ccc(S(=O)(=O)NC)cc3)nc2N)s1. The lowest BCUT2D eigenvalue weighted by Gasteiger charge is -2.04. The molecule has 0 aliphatic carbocycles. The Morgan fingerprint density at radius 2 is 1.93 bits per heavy atom. The number of nitrogens with one attached hydrogen (secondary N) is 2. The van der Waals surface area contributed by atoms with Gasteiger partial charge in [-0.1, -0.05) is 6.92 Å². The van der Waals surface area contributed by atoms with Crippen molar-refractivity contribution in [2.24, 2.45) is 0 Å². The number of anilines is 3. The van der Waals surface area contributed by atoms with Gasteiger partial charge in [0.05, 0.1) is 9.77 Å². The molecule has 3 rings (SSSR count). The second-order valence-corrected chi connectivity index (χ2v) is 8.54. The van der Waals surface area contributed by atoms with Crippen LogP contribution in [0.5, 0.6) is 0 Å². The fourth-order valence-corrected chi connectivity index (χ4v) is 3.88. The molecule has 1 aromatic carbocycles. The summed E-state index contributed by atoms with van der Waals surface area (Å²) in [6.07, 6.45) is 0.844. The Hall–Kier alpha value is -2.76. The van der Waals surface area contributed by atoms with Crippen LogP contribution in [0.15, 0.2) is 41.3 Å². The van der Waals surface area contributed by atoms with Gasteiger partial charge in [-0.3, -0.25) is 4.79 Å². The van der Waals surface area contributed by atoms with E-state index in [4.69, 9.17) is 5.73 Å². The maximum atomic E-state index is 12.5. The number of nitrogen functional groups attached to an aromatic ring is 1. The smallest absolute Gasteiger partial charge is 0.291 e. The van der Waals surface area contributed by atoms with Crippen LogP contribution in [-0.2, 0) is 16.4 Å². The van der Waals surface area contributed by atoms with E-state index in [0.717, 1.165) is 16.0 Å². The van der Waals surface area contributed by atoms with Crippen LogP contribution >= 0.6 is 11.3 Å². The molecular weight excluding hydrogens is 388 g/mol. The van der Waals surface area contributed by atoms with Crippen LogP contribution in [0.3, 0.4) is 0 Å². The van der Waals surface area contributed by atoms with Gasteiger partial charge in [-0.05, 0) is 49.9 Å². The minimum atomic E-state index is -3.51. The van der Waals surface area contributed by atoms with Crippen molar-refractivity contribution in [3.8, 4) is 0 Å². The molecule has 9 nitrogen and oxygen atoms in total. The van der Waals surface area contributed by atoms with Crippen LogP contribution in [0, 0.1) is 0 Å². The number of aromatic nitrogens is 3. The van der Waals surface area contributed by atoms with Crippen molar-refractivity contribution in [1.29, 1.82) is 0 Å². The van der Waals surface area contributed by atoms with Crippen molar-refractivity contribution in [3.05, 3.63) is 46.2 Å². The zero-order valence-electron chi connectivity index (χ0n) is 14.6. The summed E-state index contributed by atoms with van der Waals surface area (Å²) in [5.74, 6) is -0.256. The molecule has 0 radical (unpaired) electrons. The lowest BCUT2D eigenvalue weighted by atomic mass is 10.3. The molecule has 0 saturated heterocycles. The first kappa shape index (κ1) is 19.0. The molecule has 11 heteroatoms. The quantitative estimate of drug-likeness (QED) is 0.569. The Bertz CT molecular complexity index is 1070. The van der Waals surface area contributed by atoms with Crippen molar-refractivity contribution >= 4 is 44.9 Å². The summed E-state index contributed by atoms with van der Waals surface area (Å²) in [7, 11) is -2.17. The number of nitrogens with zero attached hydrogens (tertiary/aromatic N) is 3. The largest absolute Gasteiger partial charge is 0.368 e. The van der Waals surface area contributed by atoms with Crippen LogP contribution in [-0.4, -0.2) is 36.1 Å². The highest BCUT2D eigenvalue weighted by molar-refractivity contribution is 7.89. The van der Waals surface area contributed by atoms with Gasteiger partial charge in [-0.15, -0.1) is 16.4 Å². The van der Waals surface area contributed by atoms with E-state index in [1.807, 2.05) is 13.0 Å². The maximum Gasteiger partial charge on any atom is 0.291 e. The lowest BCUT2D eigenvalue weighted by Crippen LogP contribution is -2.18. The molecule has 0 fully saturated rings. The summed E-state index contributed by atoms with van der Waals surface area (Å²) in [6.45, 7) is 2.01. The topological polar surface area (TPSA) is 132 Å². The normalized spacial score (nSPS) is 11.5. The number of carbonyl (C=O) groups excluding carboxylic acids is 1. The number of benzene rings is 1. The molecule has 0 unspecified atom stereocenters. The molecule has 0 aliphatic rings. The van der Waals surface area contributed by atoms with Crippen molar-refractivity contribution in [2.75, 3.05) is 18.1 Å². The number of rotatable bonds is 6. The van der Waals surface area contributed by atoms with Crippen LogP contribution in [0.25, 0.3) is 0 Å². The predicted octanol–water partition coefficient (Wildman–Crippen LogP) is 1.82. The monoisotopic (exact) mass is 406 g/mol. The highest BCUT2D eigenvalue weighted by Crippen LogP contribution is 2.21. The van der Waals surface area contributed by atoms with Gasteiger partial charge in [0.15, 0.2) is 0 Å². The first-order valence-corrected chi connectivity index (χ1v) is 10.3. The molecule has 3 aromatic rings. The lowest BCUT2D eigenvalue weighted by molar-refractivity contribution is 0.0952. The fourth-order valence-electron chi connectivity index (χ4n) is 2.28. The Labute approximate surface area is 160 Å². The number of sulfonamides is 1. The van der Waals surface area contributed by atoms with Crippen LogP contribution in [0.1, 0.15) is 21.5 Å². The van der Waals surface area contributed by atoms with Gasteiger partial charge in [0.1, 0.15) is 0 Å². The fraction of sp³-hybridized carbons (Fsp3) is 0.188. The summed E-state index contributed by atoms with van der Waals surface area (Å²) >= 11 is 1.39. The summed E-state index contributed by atoms with van der Waals surface area (Å²) in [5.41, 5.74) is 6.37. The van der Waals surface area contributed by atoms with Crippen LogP contribution in [0.2, 0.25) is 0 Å². The van der Waals surface area contributed by atoms with E-state index < -0.39 is 10.0 Å². The van der Waals surface area contributed by atoms with E-state index in [1.165, 1.54) is 30.5 Å². The van der Waals surface area contributed by atoms with Gasteiger partial charge in [0.2, 0.25) is 21.9 Å². The second-order valence-electron chi connectivity index (χ2n) is 5.49. The van der Waals surface area contributed by atoms with Gasteiger partial charge in [-0.25, -0.2) is 13.1 Å². The van der Waals surface area contributed by atoms with E-state index in [-0.39, 0.29) is 22.7 Å². The van der Waals surface area contributed by atoms with Gasteiger partial charge in [0.25, 0.3) is 5.91 Å². The van der Waals surface area contributed by atoms with Crippen molar-refractivity contribution in [3.63, 3.8) is 0 Å². The minimum absolute atomic E-state index is 0.0386. The average Bonchev–Trinajstić information content (AvgIpc) is 3.28. The molecule has 27 heavy (non-hydrogen) atoms. The first-order chi connectivity index (χ1) is 12.8. The molecule has 2 heterocycles. The predicted molar refractivity (Wildman–Crippen MR) is 104 cm³/mol. The van der Waals surface area contributed by atoms with Gasteiger partial charge >= 0.3 is 0 Å². The second kappa shape index (κ2) is 7.47. The molecule has 0 amide bonds. The summed E-state index contributed by atoms with van der Waals surface area (Å²) in [6, 6.07) is 9.65. The van der Waals surface area contributed by atoms with Crippen molar-refractivity contribution < 1.29 is 13.2 Å². The third-order valence-corrected chi connectivity index (χ3v) is 6.38. The van der Waals surface area contributed by atoms with E-state index >= 15 is 0 Å². The number of carbonyl (C=O) groups is 1. The molecule has 142 valence electrons. The molecule has 4 N–H and O–H groups in total. The van der Waals surface area contributed by atoms with Crippen LogP contribution in [0.4, 0.5) is 17.6 Å². The van der Waals surface area contributed by atoms with Crippen molar-refractivity contribution in [2.45, 2.75) is 18.2 Å². The first-order valence-electron chi connectivity index (χ1n) is 8.00. The van der Waals surface area contributed by atoms with Crippen LogP contribution < -0.4 is 15.8 Å². The van der Waals surface area contributed by atoms with E-state index in [2.05, 4.69) is 20.1 Å². The molecule has 2 aromatic heterocycles. The van der Waals surface area contributed by atoms with Gasteiger partial charge in [-0.2, -0.15) is 9.67 Å². The van der Waals surface area contributed by atoms with E-state index in [9.17, 15) is 13.2 Å². The Balaban J connectivity index is 1.79. The molecular formula is C16H18N6O3S2. The number of thiophene rings is 1. The zero-order valence-corrected chi connectivity index (χ0v) is 16.3. The van der Waals surface area contributed by atoms with Gasteiger partial charge in [0, 0.05) is 10.6 Å². The van der Waals surface area contributed by atoms with Crippen molar-refractivity contribution in [1.82, 2.24) is 19.5 Å². The summed E-state index contributed by atoms with van der Waals surface area (Å²) < 4.78 is 26.8. The molecule has 0 saturated carbocycles. The van der Waals surface area contributed by atoms with Gasteiger partial charge < -0.3 is 11.1 Å². The van der Waals surface area contributed by atoms with E-state index in [0.29, 0.717) is 10.6 Å². The molecule has 0 atom stereocenters. The Kier molecular flexibility index (Phi) is 5.26. The third-order valence-electron chi connectivity index (χ3n) is 3.73. The summed E-state index contributed by atoms with van der Waals surface area (Å²) in [4.78, 5) is 18.3. The standard InChI is InChI=1S/C16H18N6O3S2/c1-3-11-6-9-13(26-11)14(23)22-15(17)20-16(21-22)19-10-4-7-12(8-5-10)27(24,25)18-2/h4-9,18H,3H2,1-2H3,(H3,17,19,20,21). The number of aryl methyl sites for hydroxylation is 1. The molecule has 0 bridgehead atoms. The molecule has 0 aliphatic heterocycles. The highest BCUT2D eigenvalue weighted by Gasteiger charge is 2.18.